The molecule has 6 nitrogen and oxygen atoms in total. The number of nitriles is 1. The lowest BCUT2D eigenvalue weighted by Gasteiger charge is -2.08. The highest BCUT2D eigenvalue weighted by atomic mass is 32.2. The molecule has 1 heterocycles. The van der Waals surface area contributed by atoms with Gasteiger partial charge >= 0.3 is 0 Å². The van der Waals surface area contributed by atoms with Crippen LogP contribution in [0.3, 0.4) is 0 Å². The SMILES string of the molecule is N#CCOc1ccc(NS(=O)(=O)c2ncccc2F)cc1. The van der Waals surface area contributed by atoms with E-state index in [2.05, 4.69) is 9.71 Å². The number of anilines is 1. The van der Waals surface area contributed by atoms with Gasteiger partial charge in [-0.1, -0.05) is 0 Å². The predicted molar refractivity (Wildman–Crippen MR) is 72.6 cm³/mol. The minimum Gasteiger partial charge on any atom is -0.479 e. The first kappa shape index (κ1) is 14.7. The fourth-order valence-corrected chi connectivity index (χ4v) is 2.57. The number of pyridine rings is 1. The molecule has 0 aliphatic rings. The summed E-state index contributed by atoms with van der Waals surface area (Å²) in [4.78, 5) is 3.52. The normalized spacial score (nSPS) is 10.7. The smallest absolute Gasteiger partial charge is 0.282 e. The van der Waals surface area contributed by atoms with Crippen LogP contribution in [0.15, 0.2) is 47.6 Å². The highest BCUT2D eigenvalue weighted by molar-refractivity contribution is 7.92. The van der Waals surface area contributed by atoms with Gasteiger partial charge < -0.3 is 4.74 Å². The van der Waals surface area contributed by atoms with E-state index in [0.717, 1.165) is 6.07 Å². The van der Waals surface area contributed by atoms with E-state index in [-0.39, 0.29) is 12.3 Å². The number of hydrogen-bond donors (Lipinski definition) is 1. The average Bonchev–Trinajstić information content (AvgIpc) is 2.46. The first-order valence-corrected chi connectivity index (χ1v) is 7.24. The van der Waals surface area contributed by atoms with Gasteiger partial charge in [-0.15, -0.1) is 0 Å². The van der Waals surface area contributed by atoms with Gasteiger partial charge in [-0.2, -0.15) is 13.7 Å². The van der Waals surface area contributed by atoms with Crippen molar-refractivity contribution in [2.45, 2.75) is 5.03 Å². The molecule has 1 N–H and O–H groups in total. The molecular weight excluding hydrogens is 297 g/mol. The summed E-state index contributed by atoms with van der Waals surface area (Å²) in [7, 11) is -4.10. The molecule has 0 saturated heterocycles. The van der Waals surface area contributed by atoms with E-state index in [1.807, 2.05) is 6.07 Å². The second-order valence-corrected chi connectivity index (χ2v) is 5.46. The summed E-state index contributed by atoms with van der Waals surface area (Å²) < 4.78 is 44.7. The number of benzene rings is 1. The summed E-state index contributed by atoms with van der Waals surface area (Å²) in [5, 5.41) is 7.71. The van der Waals surface area contributed by atoms with Gasteiger partial charge in [0.05, 0.1) is 0 Å². The van der Waals surface area contributed by atoms with Crippen LogP contribution in [-0.4, -0.2) is 20.0 Å². The van der Waals surface area contributed by atoms with Crippen LogP contribution in [0.1, 0.15) is 0 Å². The Bertz CT molecular complexity index is 770. The first-order chi connectivity index (χ1) is 10.0. The molecule has 1 aromatic heterocycles. The van der Waals surface area contributed by atoms with E-state index in [1.165, 1.54) is 36.5 Å². The van der Waals surface area contributed by atoms with Gasteiger partial charge in [-0.05, 0) is 36.4 Å². The van der Waals surface area contributed by atoms with E-state index in [9.17, 15) is 12.8 Å². The van der Waals surface area contributed by atoms with Gasteiger partial charge in [0.15, 0.2) is 12.4 Å². The zero-order valence-corrected chi connectivity index (χ0v) is 11.5. The maximum Gasteiger partial charge on any atom is 0.282 e. The quantitative estimate of drug-likeness (QED) is 0.911. The lowest BCUT2D eigenvalue weighted by atomic mass is 10.3. The molecule has 21 heavy (non-hydrogen) atoms. The van der Waals surface area contributed by atoms with E-state index in [4.69, 9.17) is 10.00 Å². The van der Waals surface area contributed by atoms with Gasteiger partial charge in [-0.25, -0.2) is 9.37 Å². The number of nitrogens with one attached hydrogen (secondary N) is 1. The molecule has 0 atom stereocenters. The summed E-state index contributed by atoms with van der Waals surface area (Å²) in [6, 6.07) is 9.98. The third kappa shape index (κ3) is 3.67. The maximum atomic E-state index is 13.5. The highest BCUT2D eigenvalue weighted by Crippen LogP contribution is 2.19. The monoisotopic (exact) mass is 307 g/mol. The Balaban J connectivity index is 2.18. The Hall–Kier alpha value is -2.66. The van der Waals surface area contributed by atoms with E-state index in [0.29, 0.717) is 5.75 Å². The first-order valence-electron chi connectivity index (χ1n) is 5.76. The van der Waals surface area contributed by atoms with Crippen molar-refractivity contribution >= 4 is 15.7 Å². The largest absolute Gasteiger partial charge is 0.479 e. The lowest BCUT2D eigenvalue weighted by Crippen LogP contribution is -2.16. The van der Waals surface area contributed by atoms with Crippen LogP contribution in [0.5, 0.6) is 5.75 Å². The molecule has 2 rings (SSSR count). The minimum atomic E-state index is -4.10. The molecule has 0 radical (unpaired) electrons. The van der Waals surface area contributed by atoms with Gasteiger partial charge in [0.25, 0.3) is 10.0 Å². The standard InChI is InChI=1S/C13H10FN3O3S/c14-12-2-1-8-16-13(12)21(18,19)17-10-3-5-11(6-4-10)20-9-7-15/h1-6,8,17H,9H2. The van der Waals surface area contributed by atoms with Gasteiger partial charge in [-0.3, -0.25) is 4.72 Å². The average molecular weight is 307 g/mol. The Morgan fingerprint density at radius 1 is 1.29 bits per heavy atom. The van der Waals surface area contributed by atoms with Crippen LogP contribution in [0, 0.1) is 17.1 Å². The highest BCUT2D eigenvalue weighted by Gasteiger charge is 2.20. The van der Waals surface area contributed by atoms with Crippen molar-refractivity contribution in [1.82, 2.24) is 4.98 Å². The zero-order chi connectivity index (χ0) is 15.3. The summed E-state index contributed by atoms with van der Waals surface area (Å²) in [6.07, 6.45) is 1.19. The topological polar surface area (TPSA) is 92.1 Å². The van der Waals surface area contributed by atoms with Gasteiger partial charge in [0, 0.05) is 11.9 Å². The molecular formula is C13H10FN3O3S. The Morgan fingerprint density at radius 2 is 2.00 bits per heavy atom. The minimum absolute atomic E-state index is 0.107. The number of aromatic nitrogens is 1. The number of halogens is 1. The summed E-state index contributed by atoms with van der Waals surface area (Å²) in [5.74, 6) is -0.512. The van der Waals surface area contributed by atoms with Crippen LogP contribution in [0.4, 0.5) is 10.1 Å². The number of sulfonamides is 1. The zero-order valence-electron chi connectivity index (χ0n) is 10.7. The fourth-order valence-electron chi connectivity index (χ4n) is 1.51. The molecule has 0 unspecified atom stereocenters. The Morgan fingerprint density at radius 3 is 2.62 bits per heavy atom. The number of hydrogen-bond acceptors (Lipinski definition) is 5. The van der Waals surface area contributed by atoms with Crippen molar-refractivity contribution in [3.05, 3.63) is 48.4 Å². The molecule has 2 aromatic rings. The number of ether oxygens (including phenoxy) is 1. The van der Waals surface area contributed by atoms with Gasteiger partial charge in [0.1, 0.15) is 11.8 Å². The third-order valence-electron chi connectivity index (χ3n) is 2.39. The Labute approximate surface area is 120 Å². The molecule has 1 aromatic carbocycles. The molecule has 0 bridgehead atoms. The fraction of sp³-hybridized carbons (Fsp3) is 0.0769. The van der Waals surface area contributed by atoms with Crippen LogP contribution in [0.25, 0.3) is 0 Å². The summed E-state index contributed by atoms with van der Waals surface area (Å²) in [5.41, 5.74) is 0.226. The molecule has 0 spiro atoms. The third-order valence-corrected chi connectivity index (χ3v) is 3.70. The Kier molecular flexibility index (Phi) is 4.35. The second kappa shape index (κ2) is 6.19. The number of nitrogens with zero attached hydrogens (tertiary/aromatic N) is 2. The van der Waals surface area contributed by atoms with Gasteiger partial charge in [0.2, 0.25) is 5.03 Å². The molecule has 0 aliphatic carbocycles. The molecule has 0 saturated carbocycles. The van der Waals surface area contributed by atoms with Crippen molar-refractivity contribution in [2.75, 3.05) is 11.3 Å². The summed E-state index contributed by atoms with van der Waals surface area (Å²) >= 11 is 0. The van der Waals surface area contributed by atoms with Crippen LogP contribution in [-0.2, 0) is 10.0 Å². The number of rotatable bonds is 5. The van der Waals surface area contributed by atoms with Crippen molar-refractivity contribution in [3.63, 3.8) is 0 Å². The van der Waals surface area contributed by atoms with Crippen LogP contribution >= 0.6 is 0 Å². The molecule has 108 valence electrons. The lowest BCUT2D eigenvalue weighted by molar-refractivity contribution is 0.368. The van der Waals surface area contributed by atoms with E-state index < -0.39 is 20.9 Å². The molecule has 0 amide bonds. The second-order valence-electron chi connectivity index (χ2n) is 3.87. The van der Waals surface area contributed by atoms with Crippen molar-refractivity contribution in [3.8, 4) is 11.8 Å². The summed E-state index contributed by atoms with van der Waals surface area (Å²) in [6.45, 7) is -0.107. The molecule has 8 heteroatoms. The molecule has 0 fully saturated rings. The van der Waals surface area contributed by atoms with E-state index >= 15 is 0 Å². The molecule has 0 aliphatic heterocycles. The van der Waals surface area contributed by atoms with Crippen molar-refractivity contribution in [2.24, 2.45) is 0 Å². The maximum absolute atomic E-state index is 13.5. The van der Waals surface area contributed by atoms with E-state index in [1.54, 1.807) is 0 Å². The predicted octanol–water partition coefficient (Wildman–Crippen LogP) is 1.92. The van der Waals surface area contributed by atoms with Crippen LogP contribution < -0.4 is 9.46 Å². The van der Waals surface area contributed by atoms with Crippen molar-refractivity contribution in [1.29, 1.82) is 5.26 Å². The van der Waals surface area contributed by atoms with Crippen molar-refractivity contribution < 1.29 is 17.5 Å². The van der Waals surface area contributed by atoms with Crippen LogP contribution in [0.2, 0.25) is 0 Å².